The van der Waals surface area contributed by atoms with Gasteiger partial charge in [0.1, 0.15) is 29.6 Å². The summed E-state index contributed by atoms with van der Waals surface area (Å²) in [6, 6.07) is 13.0. The van der Waals surface area contributed by atoms with Gasteiger partial charge in [0.05, 0.1) is 24.4 Å². The number of hydrogen-bond donors (Lipinski definition) is 1. The molecule has 1 aliphatic rings. The molecule has 0 unspecified atom stereocenters. The summed E-state index contributed by atoms with van der Waals surface area (Å²) in [5, 5.41) is 3.57. The highest BCUT2D eigenvalue weighted by molar-refractivity contribution is 5.93. The zero-order chi connectivity index (χ0) is 21.2. The van der Waals surface area contributed by atoms with Crippen molar-refractivity contribution < 1.29 is 13.5 Å². The highest BCUT2D eigenvalue weighted by Gasteiger charge is 2.13. The van der Waals surface area contributed by atoms with E-state index in [0.29, 0.717) is 29.9 Å². The lowest BCUT2D eigenvalue weighted by Gasteiger charge is -2.27. The number of benzene rings is 2. The van der Waals surface area contributed by atoms with Gasteiger partial charge in [0.2, 0.25) is 0 Å². The molecule has 0 saturated carbocycles. The van der Waals surface area contributed by atoms with Crippen LogP contribution >= 0.6 is 0 Å². The quantitative estimate of drug-likeness (QED) is 0.524. The molecule has 1 N–H and O–H groups in total. The van der Waals surface area contributed by atoms with Crippen LogP contribution in [-0.2, 0) is 4.74 Å². The van der Waals surface area contributed by atoms with Crippen LogP contribution < -0.4 is 10.2 Å². The number of morpholine rings is 1. The molecule has 0 radical (unpaired) electrons. The van der Waals surface area contributed by atoms with Crippen molar-refractivity contribution >= 4 is 28.2 Å². The van der Waals surface area contributed by atoms with Gasteiger partial charge in [-0.05, 0) is 42.0 Å². The zero-order valence-electron chi connectivity index (χ0n) is 16.6. The minimum atomic E-state index is -0.559. The average Bonchev–Trinajstić information content (AvgIpc) is 2.82. The van der Waals surface area contributed by atoms with E-state index in [1.807, 2.05) is 36.5 Å². The Kier molecular flexibility index (Phi) is 5.13. The molecule has 1 saturated heterocycles. The maximum absolute atomic E-state index is 14.0. The maximum atomic E-state index is 14.0. The van der Waals surface area contributed by atoms with Crippen molar-refractivity contribution in [2.24, 2.45) is 0 Å². The van der Waals surface area contributed by atoms with Gasteiger partial charge in [0.25, 0.3) is 0 Å². The van der Waals surface area contributed by atoms with Gasteiger partial charge in [-0.3, -0.25) is 0 Å². The highest BCUT2D eigenvalue weighted by Crippen LogP contribution is 2.29. The molecule has 3 heterocycles. The predicted molar refractivity (Wildman–Crippen MR) is 115 cm³/mol. The first kappa shape index (κ1) is 19.3. The van der Waals surface area contributed by atoms with Crippen molar-refractivity contribution in [3.05, 3.63) is 72.7 Å². The Hall–Kier alpha value is -3.65. The number of halogens is 2. The Morgan fingerprint density at radius 1 is 0.871 bits per heavy atom. The minimum absolute atomic E-state index is 0.0204. The molecule has 1 aliphatic heterocycles. The zero-order valence-corrected chi connectivity index (χ0v) is 16.6. The molecule has 156 valence electrons. The van der Waals surface area contributed by atoms with Gasteiger partial charge >= 0.3 is 0 Å². The van der Waals surface area contributed by atoms with Crippen molar-refractivity contribution in [3.8, 4) is 11.1 Å². The second kappa shape index (κ2) is 8.23. The van der Waals surface area contributed by atoms with E-state index in [1.165, 1.54) is 6.33 Å². The van der Waals surface area contributed by atoms with Crippen LogP contribution in [0, 0.1) is 11.6 Å². The molecule has 2 aromatic heterocycles. The monoisotopic (exact) mass is 419 g/mol. The molecule has 1 fully saturated rings. The van der Waals surface area contributed by atoms with Crippen LogP contribution in [0.15, 0.2) is 61.1 Å². The molecular weight excluding hydrogens is 400 g/mol. The summed E-state index contributed by atoms with van der Waals surface area (Å²) < 4.78 is 32.9. The lowest BCUT2D eigenvalue weighted by Crippen LogP contribution is -2.36. The summed E-state index contributed by atoms with van der Waals surface area (Å²) in [7, 11) is 0. The summed E-state index contributed by atoms with van der Waals surface area (Å²) in [6.07, 6.45) is 3.24. The second-order valence-corrected chi connectivity index (χ2v) is 7.21. The minimum Gasteiger partial charge on any atom is -0.378 e. The van der Waals surface area contributed by atoms with E-state index in [4.69, 9.17) is 4.74 Å². The number of nitrogens with one attached hydrogen (secondary N) is 1. The summed E-state index contributed by atoms with van der Waals surface area (Å²) in [6.45, 7) is 3.09. The van der Waals surface area contributed by atoms with Gasteiger partial charge in [0.15, 0.2) is 0 Å². The Morgan fingerprint density at radius 2 is 1.71 bits per heavy atom. The topological polar surface area (TPSA) is 63.2 Å². The van der Waals surface area contributed by atoms with E-state index in [1.54, 1.807) is 0 Å². The lowest BCUT2D eigenvalue weighted by molar-refractivity contribution is 0.122. The third-order valence-electron chi connectivity index (χ3n) is 5.23. The third-order valence-corrected chi connectivity index (χ3v) is 5.23. The van der Waals surface area contributed by atoms with Crippen molar-refractivity contribution in [3.63, 3.8) is 0 Å². The van der Waals surface area contributed by atoms with Crippen LogP contribution in [0.25, 0.3) is 22.0 Å². The van der Waals surface area contributed by atoms with Gasteiger partial charge in [-0.1, -0.05) is 6.07 Å². The van der Waals surface area contributed by atoms with Gasteiger partial charge < -0.3 is 15.0 Å². The lowest BCUT2D eigenvalue weighted by atomic mass is 10.1. The van der Waals surface area contributed by atoms with Gasteiger partial charge in [-0.2, -0.15) is 0 Å². The molecule has 0 atom stereocenters. The van der Waals surface area contributed by atoms with Crippen LogP contribution in [0.3, 0.4) is 0 Å². The van der Waals surface area contributed by atoms with Crippen molar-refractivity contribution in [2.75, 3.05) is 36.5 Å². The van der Waals surface area contributed by atoms with E-state index >= 15 is 0 Å². The van der Waals surface area contributed by atoms with Gasteiger partial charge in [-0.15, -0.1) is 0 Å². The fourth-order valence-electron chi connectivity index (χ4n) is 3.59. The number of fused-ring (bicyclic) bond motifs is 1. The molecule has 6 nitrogen and oxygen atoms in total. The molecule has 4 aromatic rings. The number of rotatable bonds is 4. The molecule has 0 spiro atoms. The largest absolute Gasteiger partial charge is 0.378 e. The summed E-state index contributed by atoms with van der Waals surface area (Å²) >= 11 is 0. The van der Waals surface area contributed by atoms with Crippen LogP contribution in [0.4, 0.5) is 26.1 Å². The van der Waals surface area contributed by atoms with Crippen LogP contribution in [0.1, 0.15) is 0 Å². The van der Waals surface area contributed by atoms with E-state index < -0.39 is 11.6 Å². The first-order valence-electron chi connectivity index (χ1n) is 9.93. The van der Waals surface area contributed by atoms with Crippen molar-refractivity contribution in [2.45, 2.75) is 0 Å². The van der Waals surface area contributed by atoms with E-state index in [0.717, 1.165) is 48.2 Å². The van der Waals surface area contributed by atoms with Crippen molar-refractivity contribution in [1.29, 1.82) is 0 Å². The molecule has 0 aliphatic carbocycles. The second-order valence-electron chi connectivity index (χ2n) is 7.21. The summed E-state index contributed by atoms with van der Waals surface area (Å²) in [5.74, 6) is 0.245. The number of pyridine rings is 1. The van der Waals surface area contributed by atoms with Crippen molar-refractivity contribution in [1.82, 2.24) is 15.0 Å². The summed E-state index contributed by atoms with van der Waals surface area (Å²) in [4.78, 5) is 15.3. The maximum Gasteiger partial charge on any atom is 0.146 e. The van der Waals surface area contributed by atoms with Crippen LogP contribution in [0.5, 0.6) is 0 Å². The molecule has 0 amide bonds. The Morgan fingerprint density at radius 3 is 2.52 bits per heavy atom. The molecular formula is C23H19F2N5O. The molecule has 0 bridgehead atoms. The number of ether oxygens (including phenoxy) is 1. The number of nitrogens with zero attached hydrogens (tertiary/aromatic N) is 4. The fourth-order valence-corrected chi connectivity index (χ4v) is 3.59. The molecule has 2 aromatic carbocycles. The fraction of sp³-hybridized carbons (Fsp3) is 0.174. The molecule has 5 rings (SSSR count). The first-order chi connectivity index (χ1) is 15.2. The summed E-state index contributed by atoms with van der Waals surface area (Å²) in [5.41, 5.74) is 2.62. The Labute approximate surface area is 177 Å². The molecule has 8 heteroatoms. The van der Waals surface area contributed by atoms with E-state index in [2.05, 4.69) is 25.2 Å². The Balaban J connectivity index is 1.43. The SMILES string of the molecule is Fc1ccc(F)c(Nc2ncnc3cc(-c4ccc(N5CCOCC5)nc4)ccc23)c1. The smallest absolute Gasteiger partial charge is 0.146 e. The standard InChI is InChI=1S/C23H19F2N5O/c24-17-3-5-19(25)21(12-17)29-23-18-4-1-15(11-20(18)27-14-28-23)16-2-6-22(26-13-16)30-7-9-31-10-8-30/h1-6,11-14H,7-10H2,(H,27,28,29). The van der Waals surface area contributed by atoms with E-state index in [-0.39, 0.29) is 5.69 Å². The average molecular weight is 419 g/mol. The van der Waals surface area contributed by atoms with E-state index in [9.17, 15) is 8.78 Å². The van der Waals surface area contributed by atoms with Crippen LogP contribution in [0.2, 0.25) is 0 Å². The first-order valence-corrected chi connectivity index (χ1v) is 9.93. The van der Waals surface area contributed by atoms with Crippen LogP contribution in [-0.4, -0.2) is 41.3 Å². The predicted octanol–water partition coefficient (Wildman–Crippen LogP) is 4.55. The Bertz CT molecular complexity index is 1230. The highest BCUT2D eigenvalue weighted by atomic mass is 19.1. The molecule has 31 heavy (non-hydrogen) atoms. The number of aromatic nitrogens is 3. The number of anilines is 3. The normalized spacial score (nSPS) is 14.1. The van der Waals surface area contributed by atoms with Gasteiger partial charge in [0, 0.05) is 36.3 Å². The third kappa shape index (κ3) is 4.02. The number of hydrogen-bond acceptors (Lipinski definition) is 6. The van der Waals surface area contributed by atoms with Gasteiger partial charge in [-0.25, -0.2) is 23.7 Å².